The molecule has 0 bridgehead atoms. The van der Waals surface area contributed by atoms with Crippen molar-refractivity contribution in [1.82, 2.24) is 15.2 Å². The average molecular weight is 379 g/mol. The van der Waals surface area contributed by atoms with Crippen molar-refractivity contribution in [2.75, 3.05) is 42.9 Å². The van der Waals surface area contributed by atoms with Crippen LogP contribution in [0.25, 0.3) is 0 Å². The van der Waals surface area contributed by atoms with Gasteiger partial charge in [-0.25, -0.2) is 0 Å². The van der Waals surface area contributed by atoms with Crippen LogP contribution in [0.3, 0.4) is 0 Å². The second kappa shape index (κ2) is 8.50. The normalized spacial score (nSPS) is 20.4. The van der Waals surface area contributed by atoms with Crippen LogP contribution in [0.1, 0.15) is 24.4 Å². The Hall–Kier alpha value is -2.77. The van der Waals surface area contributed by atoms with Gasteiger partial charge >= 0.3 is 0 Å². The Labute approximate surface area is 164 Å². The molecule has 2 N–H and O–H groups in total. The lowest BCUT2D eigenvalue weighted by Crippen LogP contribution is -2.48. The van der Waals surface area contributed by atoms with Crippen LogP contribution >= 0.6 is 0 Å². The van der Waals surface area contributed by atoms with Gasteiger partial charge in [0.15, 0.2) is 0 Å². The molecule has 3 heterocycles. The fourth-order valence-corrected chi connectivity index (χ4v) is 3.90. The minimum atomic E-state index is -0.0549. The number of rotatable bonds is 5. The number of amides is 2. The molecule has 0 saturated carbocycles. The topological polar surface area (TPSA) is 77.6 Å². The molecule has 1 unspecified atom stereocenters. The van der Waals surface area contributed by atoms with Crippen molar-refractivity contribution in [1.29, 1.82) is 0 Å². The standard InChI is InChI=1S/C21H25N5O2/c27-20(15-25-11-9-23-14-19(25)16-4-2-8-22-13-16)24-17-5-1-6-18(12-17)26-10-3-7-21(26)28/h1-2,4-6,8,12-13,19,23H,3,7,9-11,14-15H2,(H,24,27). The minimum Gasteiger partial charge on any atom is -0.325 e. The van der Waals surface area contributed by atoms with Crippen molar-refractivity contribution in [2.24, 2.45) is 0 Å². The summed E-state index contributed by atoms with van der Waals surface area (Å²) in [7, 11) is 0. The number of nitrogens with one attached hydrogen (secondary N) is 2. The molecular weight excluding hydrogens is 354 g/mol. The van der Waals surface area contributed by atoms with Gasteiger partial charge in [-0.05, 0) is 36.2 Å². The summed E-state index contributed by atoms with van der Waals surface area (Å²) >= 11 is 0. The molecule has 7 nitrogen and oxygen atoms in total. The predicted octanol–water partition coefficient (Wildman–Crippen LogP) is 1.79. The number of hydrogen-bond donors (Lipinski definition) is 2. The second-order valence-electron chi connectivity index (χ2n) is 7.22. The molecule has 146 valence electrons. The molecule has 2 aromatic rings. The van der Waals surface area contributed by atoms with Gasteiger partial charge in [0.05, 0.1) is 6.54 Å². The highest BCUT2D eigenvalue weighted by Gasteiger charge is 2.26. The Morgan fingerprint density at radius 1 is 1.25 bits per heavy atom. The lowest BCUT2D eigenvalue weighted by atomic mass is 10.1. The lowest BCUT2D eigenvalue weighted by molar-refractivity contribution is -0.118. The fraction of sp³-hybridized carbons (Fsp3) is 0.381. The number of carbonyl (C=O) groups is 2. The molecule has 28 heavy (non-hydrogen) atoms. The Morgan fingerprint density at radius 2 is 2.18 bits per heavy atom. The summed E-state index contributed by atoms with van der Waals surface area (Å²) in [6, 6.07) is 11.6. The van der Waals surface area contributed by atoms with E-state index in [9.17, 15) is 9.59 Å². The molecule has 4 rings (SSSR count). The maximum absolute atomic E-state index is 12.7. The van der Waals surface area contributed by atoms with Gasteiger partial charge < -0.3 is 15.5 Å². The SMILES string of the molecule is O=C(CN1CCNCC1c1cccnc1)Nc1cccc(N2CCCC2=O)c1. The first kappa shape index (κ1) is 18.6. The van der Waals surface area contributed by atoms with E-state index in [2.05, 4.69) is 20.5 Å². The number of carbonyl (C=O) groups excluding carboxylic acids is 2. The van der Waals surface area contributed by atoms with E-state index in [1.807, 2.05) is 42.6 Å². The molecule has 2 aliphatic rings. The number of aromatic nitrogens is 1. The van der Waals surface area contributed by atoms with Gasteiger partial charge in [0, 0.05) is 62.4 Å². The molecule has 0 spiro atoms. The van der Waals surface area contributed by atoms with Gasteiger partial charge in [0.25, 0.3) is 0 Å². The van der Waals surface area contributed by atoms with E-state index in [1.54, 1.807) is 11.1 Å². The molecule has 2 saturated heterocycles. The van der Waals surface area contributed by atoms with Gasteiger partial charge in [-0.15, -0.1) is 0 Å². The van der Waals surface area contributed by atoms with Gasteiger partial charge in [0.2, 0.25) is 11.8 Å². The molecule has 0 aliphatic carbocycles. The van der Waals surface area contributed by atoms with Crippen LogP contribution in [0.2, 0.25) is 0 Å². The summed E-state index contributed by atoms with van der Waals surface area (Å²) in [5, 5.41) is 6.38. The molecule has 2 fully saturated rings. The Bertz CT molecular complexity index is 842. The van der Waals surface area contributed by atoms with Crippen molar-refractivity contribution in [3.8, 4) is 0 Å². The third-order valence-corrected chi connectivity index (χ3v) is 5.29. The Morgan fingerprint density at radius 3 is 2.96 bits per heavy atom. The van der Waals surface area contributed by atoms with Gasteiger partial charge in [0.1, 0.15) is 0 Å². The Kier molecular flexibility index (Phi) is 5.64. The van der Waals surface area contributed by atoms with Crippen molar-refractivity contribution < 1.29 is 9.59 Å². The number of nitrogens with zero attached hydrogens (tertiary/aromatic N) is 3. The van der Waals surface area contributed by atoms with E-state index in [-0.39, 0.29) is 17.9 Å². The number of hydrogen-bond acceptors (Lipinski definition) is 5. The van der Waals surface area contributed by atoms with Crippen LogP contribution < -0.4 is 15.5 Å². The van der Waals surface area contributed by atoms with Crippen LogP contribution in [0.15, 0.2) is 48.8 Å². The van der Waals surface area contributed by atoms with Gasteiger partial charge in [-0.3, -0.25) is 19.5 Å². The van der Waals surface area contributed by atoms with E-state index in [1.165, 1.54) is 0 Å². The van der Waals surface area contributed by atoms with E-state index in [0.717, 1.165) is 49.5 Å². The molecule has 2 aliphatic heterocycles. The number of anilines is 2. The van der Waals surface area contributed by atoms with Crippen molar-refractivity contribution in [3.63, 3.8) is 0 Å². The zero-order valence-corrected chi connectivity index (χ0v) is 15.8. The zero-order valence-electron chi connectivity index (χ0n) is 15.8. The first-order valence-corrected chi connectivity index (χ1v) is 9.76. The second-order valence-corrected chi connectivity index (χ2v) is 7.22. The van der Waals surface area contributed by atoms with E-state index in [4.69, 9.17) is 0 Å². The van der Waals surface area contributed by atoms with Gasteiger partial charge in [-0.1, -0.05) is 12.1 Å². The molecule has 7 heteroatoms. The van der Waals surface area contributed by atoms with Crippen molar-refractivity contribution in [2.45, 2.75) is 18.9 Å². The third-order valence-electron chi connectivity index (χ3n) is 5.29. The summed E-state index contributed by atoms with van der Waals surface area (Å²) in [5.74, 6) is 0.0873. The number of pyridine rings is 1. The maximum atomic E-state index is 12.7. The highest BCUT2D eigenvalue weighted by atomic mass is 16.2. The van der Waals surface area contributed by atoms with E-state index in [0.29, 0.717) is 13.0 Å². The smallest absolute Gasteiger partial charge is 0.238 e. The van der Waals surface area contributed by atoms with Crippen molar-refractivity contribution in [3.05, 3.63) is 54.4 Å². The summed E-state index contributed by atoms with van der Waals surface area (Å²) in [5.41, 5.74) is 2.67. The maximum Gasteiger partial charge on any atom is 0.238 e. The van der Waals surface area contributed by atoms with Crippen LogP contribution in [-0.4, -0.2) is 54.4 Å². The summed E-state index contributed by atoms with van der Waals surface area (Å²) < 4.78 is 0. The molecular formula is C21H25N5O2. The summed E-state index contributed by atoms with van der Waals surface area (Å²) in [6.07, 6.45) is 5.09. The van der Waals surface area contributed by atoms with Crippen LogP contribution in [-0.2, 0) is 9.59 Å². The highest BCUT2D eigenvalue weighted by molar-refractivity contribution is 5.97. The zero-order chi connectivity index (χ0) is 19.3. The van der Waals surface area contributed by atoms with Crippen LogP contribution in [0, 0.1) is 0 Å². The molecule has 1 aromatic heterocycles. The third kappa shape index (κ3) is 4.21. The van der Waals surface area contributed by atoms with Crippen LogP contribution in [0.4, 0.5) is 11.4 Å². The largest absolute Gasteiger partial charge is 0.325 e. The first-order chi connectivity index (χ1) is 13.7. The number of benzene rings is 1. The minimum absolute atomic E-state index is 0.0549. The van der Waals surface area contributed by atoms with E-state index < -0.39 is 0 Å². The summed E-state index contributed by atoms with van der Waals surface area (Å²) in [4.78, 5) is 32.8. The van der Waals surface area contributed by atoms with Gasteiger partial charge in [-0.2, -0.15) is 0 Å². The van der Waals surface area contributed by atoms with E-state index >= 15 is 0 Å². The average Bonchev–Trinajstić information content (AvgIpc) is 3.15. The highest BCUT2D eigenvalue weighted by Crippen LogP contribution is 2.25. The lowest BCUT2D eigenvalue weighted by Gasteiger charge is -2.35. The monoisotopic (exact) mass is 379 g/mol. The molecule has 2 amide bonds. The molecule has 0 radical (unpaired) electrons. The van der Waals surface area contributed by atoms with Crippen molar-refractivity contribution >= 4 is 23.2 Å². The quantitative estimate of drug-likeness (QED) is 0.828. The number of piperazine rings is 1. The molecule has 1 aromatic carbocycles. The predicted molar refractivity (Wildman–Crippen MR) is 108 cm³/mol. The first-order valence-electron chi connectivity index (χ1n) is 9.76. The summed E-state index contributed by atoms with van der Waals surface area (Å²) in [6.45, 7) is 3.51. The van der Waals surface area contributed by atoms with Crippen LogP contribution in [0.5, 0.6) is 0 Å². The fourth-order valence-electron chi connectivity index (χ4n) is 3.90. The Balaban J connectivity index is 1.41. The molecule has 1 atom stereocenters.